The Morgan fingerprint density at radius 1 is 1.42 bits per heavy atom. The molecule has 0 aliphatic rings. The molecule has 3 N–H and O–H groups in total. The van der Waals surface area contributed by atoms with Crippen molar-refractivity contribution in [2.45, 2.75) is 26.3 Å². The fourth-order valence-corrected chi connectivity index (χ4v) is 2.65. The van der Waals surface area contributed by atoms with E-state index in [-0.39, 0.29) is 0 Å². The minimum Gasteiger partial charge on any atom is -0.476 e. The van der Waals surface area contributed by atoms with Crippen LogP contribution in [-0.2, 0) is 6.42 Å². The molecule has 0 bridgehead atoms. The Morgan fingerprint density at radius 2 is 2.26 bits per heavy atom. The fraction of sp³-hybridized carbons (Fsp3) is 0.357. The first kappa shape index (κ1) is 13.7. The molecular formula is C14H19N3OS. The summed E-state index contributed by atoms with van der Waals surface area (Å²) in [4.78, 5) is 5.74. The van der Waals surface area contributed by atoms with Gasteiger partial charge in [-0.2, -0.15) is 4.98 Å². The molecule has 2 aromatic heterocycles. The normalized spacial score (nSPS) is 12.1. The maximum absolute atomic E-state index is 5.80. The predicted octanol–water partition coefficient (Wildman–Crippen LogP) is 3.17. The summed E-state index contributed by atoms with van der Waals surface area (Å²) in [5.74, 6) is 1.29. The lowest BCUT2D eigenvalue weighted by Gasteiger charge is -2.15. The lowest BCUT2D eigenvalue weighted by Crippen LogP contribution is -2.18. The Kier molecular flexibility index (Phi) is 4.63. The van der Waals surface area contributed by atoms with Crippen molar-refractivity contribution in [2.24, 2.45) is 0 Å². The largest absolute Gasteiger partial charge is 0.476 e. The second kappa shape index (κ2) is 6.43. The van der Waals surface area contributed by atoms with Crippen LogP contribution in [0.5, 0.6) is 5.88 Å². The molecule has 0 saturated heterocycles. The Bertz CT molecular complexity index is 513. The van der Waals surface area contributed by atoms with Crippen LogP contribution in [0.3, 0.4) is 0 Å². The molecule has 102 valence electrons. The van der Waals surface area contributed by atoms with Gasteiger partial charge < -0.3 is 15.8 Å². The molecule has 2 heterocycles. The number of pyridine rings is 1. The lowest BCUT2D eigenvalue weighted by atomic mass is 10.2. The molecule has 0 spiro atoms. The van der Waals surface area contributed by atoms with Gasteiger partial charge in [0.25, 0.3) is 0 Å². The second-order valence-electron chi connectivity index (χ2n) is 4.35. The van der Waals surface area contributed by atoms with Gasteiger partial charge in [0.15, 0.2) is 0 Å². The average molecular weight is 277 g/mol. The molecule has 0 aliphatic heterocycles. The van der Waals surface area contributed by atoms with E-state index in [4.69, 9.17) is 10.5 Å². The highest BCUT2D eigenvalue weighted by molar-refractivity contribution is 7.09. The summed E-state index contributed by atoms with van der Waals surface area (Å²) in [6.45, 7) is 4.62. The van der Waals surface area contributed by atoms with Crippen molar-refractivity contribution in [3.63, 3.8) is 0 Å². The van der Waals surface area contributed by atoms with E-state index < -0.39 is 0 Å². The first-order valence-electron chi connectivity index (χ1n) is 6.37. The van der Waals surface area contributed by atoms with Gasteiger partial charge in [-0.25, -0.2) is 0 Å². The third-order valence-electron chi connectivity index (χ3n) is 2.65. The number of nitrogens with two attached hydrogens (primary N) is 1. The number of nitrogen functional groups attached to an aromatic ring is 1. The van der Waals surface area contributed by atoms with Gasteiger partial charge in [0.1, 0.15) is 5.82 Å². The molecule has 5 heteroatoms. The summed E-state index contributed by atoms with van der Waals surface area (Å²) in [6, 6.07) is 8.22. The smallest absolute Gasteiger partial charge is 0.239 e. The number of nitrogens with zero attached hydrogens (tertiary/aromatic N) is 1. The van der Waals surface area contributed by atoms with Crippen molar-refractivity contribution in [1.82, 2.24) is 4.98 Å². The first-order chi connectivity index (χ1) is 9.19. The third-order valence-corrected chi connectivity index (χ3v) is 3.55. The van der Waals surface area contributed by atoms with E-state index in [1.165, 1.54) is 4.88 Å². The molecule has 1 unspecified atom stereocenters. The second-order valence-corrected chi connectivity index (χ2v) is 5.39. The number of anilines is 2. The standard InChI is InChI=1S/C14H19N3OS/c1-3-18-14-12(15)6-7-13(17-14)16-10(2)9-11-5-4-8-19-11/h4-8,10H,3,9,15H2,1-2H3,(H,16,17). The van der Waals surface area contributed by atoms with E-state index in [2.05, 4.69) is 34.7 Å². The number of nitrogens with one attached hydrogen (secondary N) is 1. The van der Waals surface area contributed by atoms with Gasteiger partial charge in [-0.1, -0.05) is 6.07 Å². The van der Waals surface area contributed by atoms with E-state index in [9.17, 15) is 0 Å². The van der Waals surface area contributed by atoms with Crippen LogP contribution in [0.25, 0.3) is 0 Å². The summed E-state index contributed by atoms with van der Waals surface area (Å²) in [5.41, 5.74) is 6.37. The molecule has 2 rings (SSSR count). The van der Waals surface area contributed by atoms with Crippen LogP contribution < -0.4 is 15.8 Å². The molecule has 4 nitrogen and oxygen atoms in total. The van der Waals surface area contributed by atoms with Gasteiger partial charge in [0.05, 0.1) is 12.3 Å². The number of rotatable bonds is 6. The number of thiophene rings is 1. The zero-order chi connectivity index (χ0) is 13.7. The van der Waals surface area contributed by atoms with Crippen molar-refractivity contribution in [3.05, 3.63) is 34.5 Å². The van der Waals surface area contributed by atoms with Crippen LogP contribution in [0.4, 0.5) is 11.5 Å². The predicted molar refractivity (Wildman–Crippen MR) is 80.9 cm³/mol. The van der Waals surface area contributed by atoms with Gasteiger partial charge in [0, 0.05) is 17.3 Å². The third kappa shape index (κ3) is 3.86. The summed E-state index contributed by atoms with van der Waals surface area (Å²) < 4.78 is 5.39. The van der Waals surface area contributed by atoms with Crippen LogP contribution >= 0.6 is 11.3 Å². The van der Waals surface area contributed by atoms with Gasteiger partial charge in [0.2, 0.25) is 5.88 Å². The summed E-state index contributed by atoms with van der Waals surface area (Å²) >= 11 is 1.77. The van der Waals surface area contributed by atoms with E-state index >= 15 is 0 Å². The van der Waals surface area contributed by atoms with Gasteiger partial charge in [-0.15, -0.1) is 11.3 Å². The maximum atomic E-state index is 5.80. The quantitative estimate of drug-likeness (QED) is 0.851. The summed E-state index contributed by atoms with van der Waals surface area (Å²) in [7, 11) is 0. The Hall–Kier alpha value is -1.75. The zero-order valence-electron chi connectivity index (χ0n) is 11.2. The van der Waals surface area contributed by atoms with Gasteiger partial charge in [-0.05, 0) is 37.4 Å². The molecule has 0 aliphatic carbocycles. The molecule has 0 radical (unpaired) electrons. The van der Waals surface area contributed by atoms with Crippen LogP contribution in [-0.4, -0.2) is 17.6 Å². The maximum Gasteiger partial charge on any atom is 0.239 e. The number of aromatic nitrogens is 1. The fourth-order valence-electron chi connectivity index (χ4n) is 1.82. The first-order valence-corrected chi connectivity index (χ1v) is 7.25. The molecule has 0 fully saturated rings. The van der Waals surface area contributed by atoms with Crippen LogP contribution in [0.15, 0.2) is 29.6 Å². The highest BCUT2D eigenvalue weighted by Gasteiger charge is 2.08. The van der Waals surface area contributed by atoms with E-state index in [1.54, 1.807) is 11.3 Å². The minimum absolute atomic E-state index is 0.309. The molecule has 2 aromatic rings. The number of hydrogen-bond acceptors (Lipinski definition) is 5. The SMILES string of the molecule is CCOc1nc(NC(C)Cc2cccs2)ccc1N. The van der Waals surface area contributed by atoms with Gasteiger partial charge in [-0.3, -0.25) is 0 Å². The van der Waals surface area contributed by atoms with Crippen molar-refractivity contribution in [1.29, 1.82) is 0 Å². The van der Waals surface area contributed by atoms with Crippen LogP contribution in [0.2, 0.25) is 0 Å². The molecule has 0 amide bonds. The Balaban J connectivity index is 2.00. The lowest BCUT2D eigenvalue weighted by molar-refractivity contribution is 0.329. The van der Waals surface area contributed by atoms with Crippen molar-refractivity contribution < 1.29 is 4.74 Å². The highest BCUT2D eigenvalue weighted by Crippen LogP contribution is 2.21. The van der Waals surface area contributed by atoms with Crippen LogP contribution in [0.1, 0.15) is 18.7 Å². The van der Waals surface area contributed by atoms with Gasteiger partial charge >= 0.3 is 0 Å². The summed E-state index contributed by atoms with van der Waals surface area (Å²) in [5, 5.41) is 5.46. The topological polar surface area (TPSA) is 60.2 Å². The highest BCUT2D eigenvalue weighted by atomic mass is 32.1. The van der Waals surface area contributed by atoms with E-state index in [0.29, 0.717) is 24.2 Å². The Morgan fingerprint density at radius 3 is 2.95 bits per heavy atom. The molecule has 0 saturated carbocycles. The van der Waals surface area contributed by atoms with E-state index in [1.807, 2.05) is 19.1 Å². The number of hydrogen-bond donors (Lipinski definition) is 2. The van der Waals surface area contributed by atoms with Crippen molar-refractivity contribution >= 4 is 22.8 Å². The van der Waals surface area contributed by atoms with Crippen molar-refractivity contribution in [3.8, 4) is 5.88 Å². The molecule has 1 atom stereocenters. The average Bonchev–Trinajstić information content (AvgIpc) is 2.86. The van der Waals surface area contributed by atoms with E-state index in [0.717, 1.165) is 12.2 Å². The van der Waals surface area contributed by atoms with Crippen molar-refractivity contribution in [2.75, 3.05) is 17.7 Å². The molecule has 0 aromatic carbocycles. The molecule has 19 heavy (non-hydrogen) atoms. The Labute approximate surface area is 117 Å². The summed E-state index contributed by atoms with van der Waals surface area (Å²) in [6.07, 6.45) is 0.980. The number of ether oxygens (including phenoxy) is 1. The zero-order valence-corrected chi connectivity index (χ0v) is 12.0. The monoisotopic (exact) mass is 277 g/mol. The van der Waals surface area contributed by atoms with Crippen LogP contribution in [0, 0.1) is 0 Å². The molecular weight excluding hydrogens is 258 g/mol. The minimum atomic E-state index is 0.309.